The monoisotopic (exact) mass is 558 g/mol. The Morgan fingerprint density at radius 1 is 0.974 bits per heavy atom. The Kier molecular flexibility index (Phi) is 10.8. The highest BCUT2D eigenvalue weighted by molar-refractivity contribution is 7.91. The highest BCUT2D eigenvalue weighted by atomic mass is 32.2. The highest BCUT2D eigenvalue weighted by Gasteiger charge is 2.29. The van der Waals surface area contributed by atoms with Crippen molar-refractivity contribution in [1.82, 2.24) is 4.90 Å². The first-order valence-corrected chi connectivity index (χ1v) is 12.8. The maximum absolute atomic E-state index is 13.7. The molecule has 210 valence electrons. The number of methoxy groups -OCH3 is 2. The molecule has 12 nitrogen and oxygen atoms in total. The van der Waals surface area contributed by atoms with Gasteiger partial charge in [-0.1, -0.05) is 0 Å². The third-order valence-electron chi connectivity index (χ3n) is 5.78. The van der Waals surface area contributed by atoms with E-state index in [9.17, 15) is 22.4 Å². The number of rotatable bonds is 9. The molecule has 2 atom stereocenters. The molecule has 0 radical (unpaired) electrons. The van der Waals surface area contributed by atoms with Crippen LogP contribution in [0.15, 0.2) is 46.2 Å². The molecular weight excluding hydrogens is 527 g/mol. The van der Waals surface area contributed by atoms with Gasteiger partial charge in [-0.2, -0.15) is 0 Å². The zero-order valence-corrected chi connectivity index (χ0v) is 21.8. The van der Waals surface area contributed by atoms with Crippen molar-refractivity contribution in [2.75, 3.05) is 39.7 Å². The van der Waals surface area contributed by atoms with E-state index in [1.54, 1.807) is 13.2 Å². The number of hydrogen-bond donors (Lipinski definition) is 5. The second-order valence-electron chi connectivity index (χ2n) is 8.45. The van der Waals surface area contributed by atoms with Gasteiger partial charge in [-0.25, -0.2) is 22.4 Å². The number of likely N-dealkylation sites (tertiary alicyclic amines) is 1. The van der Waals surface area contributed by atoms with Crippen molar-refractivity contribution in [3.8, 4) is 11.5 Å². The summed E-state index contributed by atoms with van der Waals surface area (Å²) in [4.78, 5) is 21.6. The van der Waals surface area contributed by atoms with Gasteiger partial charge in [-0.3, -0.25) is 0 Å². The number of hydrogen-bond acceptors (Lipinski definition) is 10. The van der Waals surface area contributed by atoms with Crippen LogP contribution < -0.4 is 14.8 Å². The number of benzene rings is 2. The number of aliphatic carboxylic acids is 2. The number of aliphatic hydroxyl groups excluding tert-OH is 2. The van der Waals surface area contributed by atoms with Crippen LogP contribution >= 0.6 is 0 Å². The Labute approximate surface area is 219 Å². The second-order valence-corrected chi connectivity index (χ2v) is 10.4. The van der Waals surface area contributed by atoms with E-state index in [2.05, 4.69) is 17.3 Å². The van der Waals surface area contributed by atoms with Gasteiger partial charge in [-0.15, -0.1) is 0 Å². The number of piperidine rings is 1. The second kappa shape index (κ2) is 13.4. The number of carboxylic acid groups (broad SMARTS) is 2. The quantitative estimate of drug-likeness (QED) is 0.295. The zero-order valence-electron chi connectivity index (χ0n) is 21.0. The number of carbonyl (C=O) groups is 2. The first-order chi connectivity index (χ1) is 17.8. The van der Waals surface area contributed by atoms with Crippen molar-refractivity contribution in [1.29, 1.82) is 0 Å². The van der Waals surface area contributed by atoms with Crippen molar-refractivity contribution in [3.05, 3.63) is 42.2 Å². The van der Waals surface area contributed by atoms with Crippen LogP contribution in [0.3, 0.4) is 0 Å². The van der Waals surface area contributed by atoms with Gasteiger partial charge in [0.1, 0.15) is 22.2 Å². The number of carboxylic acids is 2. The van der Waals surface area contributed by atoms with Crippen LogP contribution in [0, 0.1) is 5.82 Å². The molecule has 38 heavy (non-hydrogen) atoms. The Morgan fingerprint density at radius 2 is 1.50 bits per heavy atom. The minimum Gasteiger partial charge on any atom is -0.495 e. The standard InChI is InChI=1S/C20H25FN2O4S.C4H6O6/c1-23-10-8-15(9-11-23)22-17-13-16(5-7-18(17)26-2)28(24,25)20-12-14(21)4-6-19(20)27-3;5-1(3(7)8)2(6)4(9)10/h4-7,12-13,15,22H,8-11H2,1-3H3;1-2,5-6H,(H,7,8)(H,9,10). The summed E-state index contributed by atoms with van der Waals surface area (Å²) in [5.74, 6) is -3.52. The van der Waals surface area contributed by atoms with Gasteiger partial charge < -0.3 is 40.1 Å². The largest absolute Gasteiger partial charge is 0.495 e. The van der Waals surface area contributed by atoms with Crippen molar-refractivity contribution >= 4 is 27.5 Å². The van der Waals surface area contributed by atoms with E-state index in [1.165, 1.54) is 31.4 Å². The van der Waals surface area contributed by atoms with E-state index in [0.29, 0.717) is 11.4 Å². The number of sulfone groups is 1. The van der Waals surface area contributed by atoms with Gasteiger partial charge in [0.05, 0.1) is 24.8 Å². The van der Waals surface area contributed by atoms with Crippen molar-refractivity contribution in [3.63, 3.8) is 0 Å². The summed E-state index contributed by atoms with van der Waals surface area (Å²) >= 11 is 0. The lowest BCUT2D eigenvalue weighted by atomic mass is 10.1. The maximum atomic E-state index is 13.7. The fraction of sp³-hybridized carbons (Fsp3) is 0.417. The number of ether oxygens (including phenoxy) is 2. The zero-order chi connectivity index (χ0) is 28.6. The average Bonchev–Trinajstić information content (AvgIpc) is 2.89. The third kappa shape index (κ3) is 7.77. The number of nitrogens with zero attached hydrogens (tertiary/aromatic N) is 1. The lowest BCUT2D eigenvalue weighted by molar-refractivity contribution is -0.165. The maximum Gasteiger partial charge on any atom is 0.335 e. The smallest absolute Gasteiger partial charge is 0.335 e. The summed E-state index contributed by atoms with van der Waals surface area (Å²) in [5, 5.41) is 35.9. The first kappa shape index (κ1) is 30.8. The van der Waals surface area contributed by atoms with Gasteiger partial charge in [0, 0.05) is 6.04 Å². The summed E-state index contributed by atoms with van der Waals surface area (Å²) in [7, 11) is 1.00. The van der Waals surface area contributed by atoms with Gasteiger partial charge in [0.2, 0.25) is 9.84 Å². The predicted molar refractivity (Wildman–Crippen MR) is 133 cm³/mol. The molecule has 1 aliphatic rings. The van der Waals surface area contributed by atoms with Crippen LogP contribution in [0.25, 0.3) is 0 Å². The van der Waals surface area contributed by atoms with Gasteiger partial charge in [0.25, 0.3) is 0 Å². The SMILES string of the molecule is COc1ccc(S(=O)(=O)c2cc(F)ccc2OC)cc1NC1CCN(C)CC1.O=C(O)C(O)C(O)C(=O)O. The molecule has 0 amide bonds. The Balaban J connectivity index is 0.000000432. The van der Waals surface area contributed by atoms with Gasteiger partial charge in [-0.05, 0) is 69.4 Å². The number of anilines is 1. The minimum absolute atomic E-state index is 0.0487. The molecule has 14 heteroatoms. The molecule has 1 aliphatic heterocycles. The summed E-state index contributed by atoms with van der Waals surface area (Å²) in [6, 6.07) is 8.28. The van der Waals surface area contributed by atoms with Crippen LogP contribution in [0.4, 0.5) is 10.1 Å². The molecule has 0 bridgehead atoms. The molecule has 0 saturated carbocycles. The molecule has 0 aromatic heterocycles. The van der Waals surface area contributed by atoms with Gasteiger partial charge in [0.15, 0.2) is 12.2 Å². The highest BCUT2D eigenvalue weighted by Crippen LogP contribution is 2.35. The number of halogens is 1. The van der Waals surface area contributed by atoms with Crippen molar-refractivity contribution in [2.24, 2.45) is 0 Å². The summed E-state index contributed by atoms with van der Waals surface area (Å²) in [5.41, 5.74) is 0.605. The molecule has 5 N–H and O–H groups in total. The molecule has 1 saturated heterocycles. The van der Waals surface area contributed by atoms with E-state index in [1.807, 2.05) is 0 Å². The fourth-order valence-electron chi connectivity index (χ4n) is 3.60. The Morgan fingerprint density at radius 3 is 2.00 bits per heavy atom. The molecule has 0 spiro atoms. The molecule has 3 rings (SSSR count). The predicted octanol–water partition coefficient (Wildman–Crippen LogP) is 1.06. The van der Waals surface area contributed by atoms with E-state index >= 15 is 0 Å². The normalized spacial score (nSPS) is 15.9. The molecule has 2 aromatic carbocycles. The van der Waals surface area contributed by atoms with Gasteiger partial charge >= 0.3 is 11.9 Å². The Bertz CT molecular complexity index is 1210. The van der Waals surface area contributed by atoms with E-state index < -0.39 is 39.8 Å². The Hall–Kier alpha value is -3.46. The van der Waals surface area contributed by atoms with Crippen molar-refractivity contribution in [2.45, 2.75) is 40.9 Å². The molecule has 0 aliphatic carbocycles. The molecule has 2 aromatic rings. The lowest BCUT2D eigenvalue weighted by Gasteiger charge is -2.30. The third-order valence-corrected chi connectivity index (χ3v) is 7.55. The molecular formula is C24H31FN2O10S. The number of nitrogens with one attached hydrogen (secondary N) is 1. The molecule has 1 heterocycles. The average molecular weight is 559 g/mol. The summed E-state index contributed by atoms with van der Waals surface area (Å²) in [6.07, 6.45) is -2.63. The molecule has 1 fully saturated rings. The first-order valence-electron chi connectivity index (χ1n) is 11.3. The number of aliphatic hydroxyl groups is 2. The van der Waals surface area contributed by atoms with Crippen LogP contribution in [-0.4, -0.2) is 98.3 Å². The van der Waals surface area contributed by atoms with E-state index in [4.69, 9.17) is 29.9 Å². The van der Waals surface area contributed by atoms with Crippen molar-refractivity contribution < 1.29 is 52.3 Å². The van der Waals surface area contributed by atoms with E-state index in [0.717, 1.165) is 32.0 Å². The van der Waals surface area contributed by atoms with Crippen LogP contribution in [0.2, 0.25) is 0 Å². The topological polar surface area (TPSA) is 183 Å². The van der Waals surface area contributed by atoms with Crippen LogP contribution in [-0.2, 0) is 19.4 Å². The summed E-state index contributed by atoms with van der Waals surface area (Å²) < 4.78 is 50.5. The minimum atomic E-state index is -3.97. The fourth-order valence-corrected chi connectivity index (χ4v) is 5.06. The summed E-state index contributed by atoms with van der Waals surface area (Å²) in [6.45, 7) is 1.94. The lowest BCUT2D eigenvalue weighted by Crippen LogP contribution is -2.39. The van der Waals surface area contributed by atoms with E-state index in [-0.39, 0.29) is 21.6 Å². The van der Waals surface area contributed by atoms with Crippen LogP contribution in [0.5, 0.6) is 11.5 Å². The molecule has 2 unspecified atom stereocenters. The van der Waals surface area contributed by atoms with Crippen LogP contribution in [0.1, 0.15) is 12.8 Å².